The summed E-state index contributed by atoms with van der Waals surface area (Å²) in [6, 6.07) is 16.1. The summed E-state index contributed by atoms with van der Waals surface area (Å²) >= 11 is 0. The maximum Gasteiger partial charge on any atom is 0.336 e. The zero-order valence-electron chi connectivity index (χ0n) is 19.3. The van der Waals surface area contributed by atoms with Crippen molar-refractivity contribution in [1.29, 1.82) is 0 Å². The first-order valence-electron chi connectivity index (χ1n) is 10.7. The fraction of sp³-hybridized carbons (Fsp3) is 0.320. The Morgan fingerprint density at radius 1 is 1.06 bits per heavy atom. The van der Waals surface area contributed by atoms with Gasteiger partial charge in [0.2, 0.25) is 5.91 Å². The highest BCUT2D eigenvalue weighted by Gasteiger charge is 2.21. The Kier molecular flexibility index (Phi) is 7.84. The molecule has 174 valence electrons. The average Bonchev–Trinajstić information content (AvgIpc) is 2.78. The molecule has 0 aliphatic rings. The van der Waals surface area contributed by atoms with Crippen LogP contribution in [0, 0.1) is 0 Å². The molecule has 0 aliphatic carbocycles. The van der Waals surface area contributed by atoms with E-state index in [2.05, 4.69) is 5.32 Å². The highest BCUT2D eigenvalue weighted by atomic mass is 16.5. The molecule has 0 fully saturated rings. The number of fused-ring (bicyclic) bond motifs is 1. The molecular weight excluding hydrogens is 422 g/mol. The number of nitrogens with one attached hydrogen (secondary N) is 1. The Morgan fingerprint density at radius 2 is 1.79 bits per heavy atom. The van der Waals surface area contributed by atoms with E-state index in [-0.39, 0.29) is 18.4 Å². The largest absolute Gasteiger partial charge is 0.481 e. The van der Waals surface area contributed by atoms with E-state index in [0.717, 1.165) is 16.5 Å². The van der Waals surface area contributed by atoms with Gasteiger partial charge in [-0.05, 0) is 44.3 Å². The summed E-state index contributed by atoms with van der Waals surface area (Å²) in [6.45, 7) is 2.77. The molecule has 1 N–H and O–H groups in total. The van der Waals surface area contributed by atoms with Gasteiger partial charge in [-0.15, -0.1) is 0 Å². The van der Waals surface area contributed by atoms with Crippen molar-refractivity contribution >= 4 is 22.8 Å². The van der Waals surface area contributed by atoms with E-state index in [1.165, 1.54) is 11.0 Å². The summed E-state index contributed by atoms with van der Waals surface area (Å²) in [5.74, 6) is -0.182. The van der Waals surface area contributed by atoms with Crippen molar-refractivity contribution in [3.05, 3.63) is 65.0 Å². The van der Waals surface area contributed by atoms with Gasteiger partial charge in [0.25, 0.3) is 5.91 Å². The van der Waals surface area contributed by atoms with Crippen LogP contribution in [0.1, 0.15) is 6.92 Å². The molecule has 0 aliphatic heterocycles. The molecule has 1 aromatic heterocycles. The molecule has 2 amide bonds. The average molecular weight is 452 g/mol. The SMILES string of the molecule is C[C@@H](Oc1ccc2c(-c3ccccc3)cc(=O)oc2c1)C(=O)N(C)CC(=O)NCCN(C)C. The predicted molar refractivity (Wildman–Crippen MR) is 127 cm³/mol. The third-order valence-electron chi connectivity index (χ3n) is 5.10. The summed E-state index contributed by atoms with van der Waals surface area (Å²) < 4.78 is 11.2. The molecule has 33 heavy (non-hydrogen) atoms. The van der Waals surface area contributed by atoms with Crippen LogP contribution in [0.5, 0.6) is 5.75 Å². The van der Waals surface area contributed by atoms with E-state index in [1.54, 1.807) is 32.2 Å². The van der Waals surface area contributed by atoms with Gasteiger partial charge in [-0.2, -0.15) is 0 Å². The summed E-state index contributed by atoms with van der Waals surface area (Å²) in [7, 11) is 5.39. The summed E-state index contributed by atoms with van der Waals surface area (Å²) in [4.78, 5) is 40.1. The first-order chi connectivity index (χ1) is 15.7. The van der Waals surface area contributed by atoms with E-state index in [1.807, 2.05) is 49.3 Å². The van der Waals surface area contributed by atoms with Crippen LogP contribution >= 0.6 is 0 Å². The lowest BCUT2D eigenvalue weighted by Crippen LogP contribution is -2.44. The number of hydrogen-bond donors (Lipinski definition) is 1. The van der Waals surface area contributed by atoms with Gasteiger partial charge in [0.1, 0.15) is 11.3 Å². The van der Waals surface area contributed by atoms with Crippen LogP contribution in [-0.4, -0.2) is 68.5 Å². The van der Waals surface area contributed by atoms with Gasteiger partial charge in [0, 0.05) is 37.7 Å². The Balaban J connectivity index is 1.69. The molecule has 8 nitrogen and oxygen atoms in total. The second-order valence-corrected chi connectivity index (χ2v) is 8.11. The number of carbonyl (C=O) groups is 2. The van der Waals surface area contributed by atoms with Crippen molar-refractivity contribution in [3.63, 3.8) is 0 Å². The molecule has 0 spiro atoms. The maximum absolute atomic E-state index is 12.7. The zero-order chi connectivity index (χ0) is 24.0. The lowest BCUT2D eigenvalue weighted by atomic mass is 10.0. The highest BCUT2D eigenvalue weighted by Crippen LogP contribution is 2.29. The second kappa shape index (κ2) is 10.8. The quantitative estimate of drug-likeness (QED) is 0.502. The Hall–Kier alpha value is -3.65. The summed E-state index contributed by atoms with van der Waals surface area (Å²) in [5.41, 5.74) is 1.56. The molecule has 0 saturated carbocycles. The van der Waals surface area contributed by atoms with Crippen molar-refractivity contribution in [2.24, 2.45) is 0 Å². The van der Waals surface area contributed by atoms with Crippen LogP contribution in [0.25, 0.3) is 22.1 Å². The normalized spacial score (nSPS) is 11.9. The minimum Gasteiger partial charge on any atom is -0.481 e. The minimum atomic E-state index is -0.828. The van der Waals surface area contributed by atoms with Crippen LogP contribution in [-0.2, 0) is 9.59 Å². The molecule has 2 aromatic carbocycles. The van der Waals surface area contributed by atoms with E-state index >= 15 is 0 Å². The van der Waals surface area contributed by atoms with Gasteiger partial charge in [-0.25, -0.2) is 4.79 Å². The molecule has 0 bridgehead atoms. The number of rotatable bonds is 9. The Labute approximate surface area is 192 Å². The van der Waals surface area contributed by atoms with Crippen LogP contribution in [0.3, 0.4) is 0 Å². The molecule has 3 rings (SSSR count). The van der Waals surface area contributed by atoms with Crippen LogP contribution in [0.15, 0.2) is 63.8 Å². The molecule has 0 saturated heterocycles. The third kappa shape index (κ3) is 6.43. The van der Waals surface area contributed by atoms with Gasteiger partial charge < -0.3 is 24.3 Å². The molecule has 1 atom stereocenters. The number of benzene rings is 2. The molecule has 3 aromatic rings. The number of hydrogen-bond acceptors (Lipinski definition) is 6. The lowest BCUT2D eigenvalue weighted by Gasteiger charge is -2.22. The van der Waals surface area contributed by atoms with Crippen molar-refractivity contribution < 1.29 is 18.7 Å². The number of amides is 2. The van der Waals surface area contributed by atoms with E-state index in [0.29, 0.717) is 24.4 Å². The highest BCUT2D eigenvalue weighted by molar-refractivity contribution is 5.94. The summed E-state index contributed by atoms with van der Waals surface area (Å²) in [6.07, 6.45) is -0.828. The van der Waals surface area contributed by atoms with Crippen molar-refractivity contribution in [2.75, 3.05) is 40.8 Å². The standard InChI is InChI=1S/C25H29N3O5/c1-17(25(31)28(4)16-23(29)26-12-13-27(2)3)32-19-10-11-20-21(18-8-6-5-7-9-18)15-24(30)33-22(20)14-19/h5-11,14-15,17H,12-13,16H2,1-4H3,(H,26,29)/t17-/m1/s1. The first kappa shape index (κ1) is 24.0. The van der Waals surface area contributed by atoms with Crippen molar-refractivity contribution in [3.8, 4) is 16.9 Å². The van der Waals surface area contributed by atoms with E-state index in [4.69, 9.17) is 9.15 Å². The fourth-order valence-electron chi connectivity index (χ4n) is 3.41. The fourth-order valence-corrected chi connectivity index (χ4v) is 3.41. The monoisotopic (exact) mass is 451 g/mol. The zero-order valence-corrected chi connectivity index (χ0v) is 19.3. The molecule has 0 unspecified atom stereocenters. The van der Waals surface area contributed by atoms with Crippen molar-refractivity contribution in [1.82, 2.24) is 15.1 Å². The lowest BCUT2D eigenvalue weighted by molar-refractivity contribution is -0.139. The predicted octanol–water partition coefficient (Wildman–Crippen LogP) is 2.36. The smallest absolute Gasteiger partial charge is 0.336 e. The second-order valence-electron chi connectivity index (χ2n) is 8.11. The summed E-state index contributed by atoms with van der Waals surface area (Å²) in [5, 5.41) is 3.54. The number of nitrogens with zero attached hydrogens (tertiary/aromatic N) is 2. The van der Waals surface area contributed by atoms with Gasteiger partial charge in [0.15, 0.2) is 6.10 Å². The topological polar surface area (TPSA) is 92.1 Å². The van der Waals surface area contributed by atoms with Gasteiger partial charge in [-0.3, -0.25) is 9.59 Å². The number of likely N-dealkylation sites (N-methyl/N-ethyl adjacent to an activating group) is 2. The third-order valence-corrected chi connectivity index (χ3v) is 5.10. The van der Waals surface area contributed by atoms with Crippen LogP contribution < -0.4 is 15.7 Å². The van der Waals surface area contributed by atoms with Crippen molar-refractivity contribution in [2.45, 2.75) is 13.0 Å². The number of ether oxygens (including phenoxy) is 1. The maximum atomic E-state index is 12.7. The van der Waals surface area contributed by atoms with Crippen LogP contribution in [0.4, 0.5) is 0 Å². The van der Waals surface area contributed by atoms with Crippen LogP contribution in [0.2, 0.25) is 0 Å². The Bertz CT molecular complexity index is 1170. The molecule has 8 heteroatoms. The van der Waals surface area contributed by atoms with Gasteiger partial charge in [-0.1, -0.05) is 30.3 Å². The molecule has 1 heterocycles. The molecule has 0 radical (unpaired) electrons. The van der Waals surface area contributed by atoms with E-state index < -0.39 is 11.7 Å². The van der Waals surface area contributed by atoms with Gasteiger partial charge >= 0.3 is 5.63 Å². The van der Waals surface area contributed by atoms with Gasteiger partial charge in [0.05, 0.1) is 6.54 Å². The number of carbonyl (C=O) groups excluding carboxylic acids is 2. The van der Waals surface area contributed by atoms with E-state index in [9.17, 15) is 14.4 Å². The first-order valence-corrected chi connectivity index (χ1v) is 10.7. The Morgan fingerprint density at radius 3 is 2.48 bits per heavy atom. The molecular formula is C25H29N3O5. The minimum absolute atomic E-state index is 0.0625.